The molecule has 1 rings (SSSR count). The van der Waals surface area contributed by atoms with Crippen LogP contribution in [0.25, 0.3) is 0 Å². The second-order valence-corrected chi connectivity index (χ2v) is 2.53. The standard InChI is InChI=1S/C8H12N4O/c1-10-5-6-3-2-4-11-7(6)8(9)12-13/h2-4,10,13H,5H2,1H3,(H2,9,12). The maximum Gasteiger partial charge on any atom is 0.189 e. The second kappa shape index (κ2) is 4.42. The van der Waals surface area contributed by atoms with E-state index in [4.69, 9.17) is 10.9 Å². The molecule has 0 fully saturated rings. The van der Waals surface area contributed by atoms with Crippen molar-refractivity contribution in [2.45, 2.75) is 6.54 Å². The van der Waals surface area contributed by atoms with Gasteiger partial charge in [0, 0.05) is 12.7 Å². The Bertz CT molecular complexity index is 311. The summed E-state index contributed by atoms with van der Waals surface area (Å²) in [6, 6.07) is 3.68. The van der Waals surface area contributed by atoms with Gasteiger partial charge >= 0.3 is 0 Å². The molecular formula is C8H12N4O. The van der Waals surface area contributed by atoms with Crippen molar-refractivity contribution in [1.82, 2.24) is 10.3 Å². The second-order valence-electron chi connectivity index (χ2n) is 2.53. The lowest BCUT2D eigenvalue weighted by atomic mass is 10.2. The van der Waals surface area contributed by atoms with Crippen molar-refractivity contribution in [2.24, 2.45) is 10.9 Å². The summed E-state index contributed by atoms with van der Waals surface area (Å²) in [5.74, 6) is 0.0332. The number of nitrogens with two attached hydrogens (primary N) is 1. The van der Waals surface area contributed by atoms with Crippen LogP contribution in [-0.2, 0) is 6.54 Å². The quantitative estimate of drug-likeness (QED) is 0.262. The largest absolute Gasteiger partial charge is 0.409 e. The van der Waals surface area contributed by atoms with Gasteiger partial charge < -0.3 is 16.3 Å². The zero-order valence-electron chi connectivity index (χ0n) is 7.36. The highest BCUT2D eigenvalue weighted by atomic mass is 16.4. The molecule has 4 N–H and O–H groups in total. The first-order valence-corrected chi connectivity index (χ1v) is 3.86. The third kappa shape index (κ3) is 2.16. The molecule has 0 aliphatic rings. The van der Waals surface area contributed by atoms with Crippen LogP contribution in [0.15, 0.2) is 23.5 Å². The molecule has 13 heavy (non-hydrogen) atoms. The molecule has 1 aromatic heterocycles. The molecule has 0 aliphatic heterocycles. The van der Waals surface area contributed by atoms with Gasteiger partial charge in [-0.05, 0) is 18.7 Å². The predicted molar refractivity (Wildman–Crippen MR) is 49.5 cm³/mol. The van der Waals surface area contributed by atoms with Crippen molar-refractivity contribution in [1.29, 1.82) is 0 Å². The molecular weight excluding hydrogens is 168 g/mol. The van der Waals surface area contributed by atoms with E-state index < -0.39 is 0 Å². The summed E-state index contributed by atoms with van der Waals surface area (Å²) in [7, 11) is 1.82. The van der Waals surface area contributed by atoms with Crippen molar-refractivity contribution in [2.75, 3.05) is 7.05 Å². The number of hydrogen-bond donors (Lipinski definition) is 3. The van der Waals surface area contributed by atoms with Crippen LogP contribution in [0.4, 0.5) is 0 Å². The zero-order chi connectivity index (χ0) is 9.68. The fourth-order valence-corrected chi connectivity index (χ4v) is 1.05. The van der Waals surface area contributed by atoms with Crippen molar-refractivity contribution in [3.63, 3.8) is 0 Å². The Hall–Kier alpha value is -1.62. The smallest absolute Gasteiger partial charge is 0.189 e. The summed E-state index contributed by atoms with van der Waals surface area (Å²) in [4.78, 5) is 4.01. The van der Waals surface area contributed by atoms with E-state index in [1.807, 2.05) is 13.1 Å². The fourth-order valence-electron chi connectivity index (χ4n) is 1.05. The number of amidine groups is 1. The SMILES string of the molecule is CNCc1cccnc1C(N)=NO. The van der Waals surface area contributed by atoms with Gasteiger partial charge in [-0.25, -0.2) is 0 Å². The molecule has 0 aromatic carbocycles. The van der Waals surface area contributed by atoms with E-state index in [-0.39, 0.29) is 5.84 Å². The first kappa shape index (κ1) is 9.47. The highest BCUT2D eigenvalue weighted by Crippen LogP contribution is 2.03. The molecule has 5 nitrogen and oxygen atoms in total. The first-order valence-electron chi connectivity index (χ1n) is 3.86. The summed E-state index contributed by atoms with van der Waals surface area (Å²) < 4.78 is 0. The van der Waals surface area contributed by atoms with Crippen molar-refractivity contribution in [3.8, 4) is 0 Å². The van der Waals surface area contributed by atoms with E-state index in [0.29, 0.717) is 12.2 Å². The lowest BCUT2D eigenvalue weighted by molar-refractivity contribution is 0.318. The van der Waals surface area contributed by atoms with Crippen LogP contribution in [0.1, 0.15) is 11.3 Å². The van der Waals surface area contributed by atoms with E-state index in [9.17, 15) is 0 Å². The van der Waals surface area contributed by atoms with E-state index in [1.54, 1.807) is 12.3 Å². The third-order valence-corrected chi connectivity index (χ3v) is 1.61. The van der Waals surface area contributed by atoms with Crippen LogP contribution in [0, 0.1) is 0 Å². The average Bonchev–Trinajstić information content (AvgIpc) is 2.18. The summed E-state index contributed by atoms with van der Waals surface area (Å²) in [5, 5.41) is 14.4. The number of nitrogens with one attached hydrogen (secondary N) is 1. The van der Waals surface area contributed by atoms with Gasteiger partial charge in [-0.15, -0.1) is 0 Å². The molecule has 0 saturated carbocycles. The van der Waals surface area contributed by atoms with E-state index >= 15 is 0 Å². The van der Waals surface area contributed by atoms with Crippen molar-refractivity contribution in [3.05, 3.63) is 29.6 Å². The third-order valence-electron chi connectivity index (χ3n) is 1.61. The van der Waals surface area contributed by atoms with Gasteiger partial charge in [0.15, 0.2) is 5.84 Å². The topological polar surface area (TPSA) is 83.5 Å². The molecule has 0 atom stereocenters. The minimum Gasteiger partial charge on any atom is -0.409 e. The fraction of sp³-hybridized carbons (Fsp3) is 0.250. The number of oxime groups is 1. The Morgan fingerprint density at radius 3 is 3.15 bits per heavy atom. The van der Waals surface area contributed by atoms with Gasteiger partial charge in [-0.2, -0.15) is 0 Å². The summed E-state index contributed by atoms with van der Waals surface area (Å²) >= 11 is 0. The molecule has 0 unspecified atom stereocenters. The van der Waals surface area contributed by atoms with Crippen molar-refractivity contribution < 1.29 is 5.21 Å². The molecule has 70 valence electrons. The Morgan fingerprint density at radius 1 is 1.77 bits per heavy atom. The molecule has 0 saturated heterocycles. The maximum atomic E-state index is 8.48. The van der Waals surface area contributed by atoms with Gasteiger partial charge in [-0.3, -0.25) is 4.98 Å². The summed E-state index contributed by atoms with van der Waals surface area (Å²) in [6.45, 7) is 0.638. The highest BCUT2D eigenvalue weighted by molar-refractivity contribution is 5.96. The first-order chi connectivity index (χ1) is 6.29. The number of hydrogen-bond acceptors (Lipinski definition) is 4. The molecule has 0 spiro atoms. The molecule has 0 radical (unpaired) electrons. The lowest BCUT2D eigenvalue weighted by Crippen LogP contribution is -2.19. The average molecular weight is 180 g/mol. The number of nitrogens with zero attached hydrogens (tertiary/aromatic N) is 2. The summed E-state index contributed by atoms with van der Waals surface area (Å²) in [5.41, 5.74) is 6.85. The molecule has 1 heterocycles. The van der Waals surface area contributed by atoms with Crippen LogP contribution in [0.5, 0.6) is 0 Å². The number of aromatic nitrogens is 1. The predicted octanol–water partition coefficient (Wildman–Crippen LogP) is -0.105. The molecule has 0 amide bonds. The van der Waals surface area contributed by atoms with Gasteiger partial charge in [0.2, 0.25) is 0 Å². The van der Waals surface area contributed by atoms with Crippen LogP contribution in [0.2, 0.25) is 0 Å². The lowest BCUT2D eigenvalue weighted by Gasteiger charge is -2.05. The van der Waals surface area contributed by atoms with E-state index in [0.717, 1.165) is 5.56 Å². The van der Waals surface area contributed by atoms with Gasteiger partial charge in [0.25, 0.3) is 0 Å². The van der Waals surface area contributed by atoms with Crippen LogP contribution < -0.4 is 11.1 Å². The van der Waals surface area contributed by atoms with Crippen molar-refractivity contribution >= 4 is 5.84 Å². The number of pyridine rings is 1. The molecule has 5 heteroatoms. The zero-order valence-corrected chi connectivity index (χ0v) is 7.36. The normalized spacial score (nSPS) is 11.6. The minimum atomic E-state index is 0.0332. The van der Waals surface area contributed by atoms with Crippen LogP contribution in [0.3, 0.4) is 0 Å². The van der Waals surface area contributed by atoms with E-state index in [2.05, 4.69) is 15.5 Å². The van der Waals surface area contributed by atoms with Gasteiger partial charge in [0.1, 0.15) is 5.69 Å². The minimum absolute atomic E-state index is 0.0332. The van der Waals surface area contributed by atoms with Gasteiger partial charge in [-0.1, -0.05) is 11.2 Å². The Labute approximate surface area is 76.3 Å². The number of rotatable bonds is 3. The van der Waals surface area contributed by atoms with E-state index in [1.165, 1.54) is 0 Å². The molecule has 0 aliphatic carbocycles. The molecule has 1 aromatic rings. The Balaban J connectivity index is 3.04. The maximum absolute atomic E-state index is 8.48. The van der Waals surface area contributed by atoms with Gasteiger partial charge in [0.05, 0.1) is 0 Å². The van der Waals surface area contributed by atoms with Crippen LogP contribution in [-0.4, -0.2) is 23.1 Å². The summed E-state index contributed by atoms with van der Waals surface area (Å²) in [6.07, 6.45) is 1.60. The Morgan fingerprint density at radius 2 is 2.54 bits per heavy atom. The molecule has 0 bridgehead atoms. The van der Waals surface area contributed by atoms with Crippen LogP contribution >= 0.6 is 0 Å². The monoisotopic (exact) mass is 180 g/mol. The highest BCUT2D eigenvalue weighted by Gasteiger charge is 2.06. The Kier molecular flexibility index (Phi) is 3.22.